The largest absolute Gasteiger partial charge is 0.503 e. The predicted octanol–water partition coefficient (Wildman–Crippen LogP) is 5.46. The van der Waals surface area contributed by atoms with Gasteiger partial charge in [-0.25, -0.2) is 0 Å². The molecule has 0 fully saturated rings. The Bertz CT molecular complexity index is 881. The molecule has 2 aromatic rings. The van der Waals surface area contributed by atoms with Crippen molar-refractivity contribution in [3.05, 3.63) is 49.4 Å². The second-order valence-electron chi connectivity index (χ2n) is 5.10. The van der Waals surface area contributed by atoms with Gasteiger partial charge >= 0.3 is 0 Å². The van der Waals surface area contributed by atoms with Crippen LogP contribution in [-0.2, 0) is 4.79 Å². The molecule has 2 N–H and O–H groups in total. The monoisotopic (exact) mass is 471 g/mol. The molecule has 0 bridgehead atoms. The summed E-state index contributed by atoms with van der Waals surface area (Å²) in [5.74, 6) is -0.0284. The lowest BCUT2D eigenvalue weighted by atomic mass is 10.0. The zero-order valence-electron chi connectivity index (χ0n) is 12.5. The molecule has 7 heteroatoms. The topological polar surface area (TPSA) is 58.6 Å². The zero-order valence-corrected chi connectivity index (χ0v) is 16.4. The molecule has 4 nitrogen and oxygen atoms in total. The third kappa shape index (κ3) is 3.18. The average molecular weight is 474 g/mol. The molecule has 3 rings (SSSR count). The molecule has 1 aliphatic heterocycles. The van der Waals surface area contributed by atoms with Crippen molar-refractivity contribution in [2.24, 2.45) is 0 Å². The van der Waals surface area contributed by atoms with Gasteiger partial charge in [0.05, 0.1) is 17.3 Å². The molecule has 0 saturated heterocycles. The molecule has 2 aromatic carbocycles. The second-order valence-corrected chi connectivity index (χ2v) is 7.28. The molecular formula is C17H12Br2ClNO3. The maximum absolute atomic E-state index is 12.3. The number of phenolic OH excluding ortho intramolecular Hbond substituents is 1. The number of hydrogen-bond donors (Lipinski definition) is 2. The van der Waals surface area contributed by atoms with Gasteiger partial charge in [-0.1, -0.05) is 27.5 Å². The van der Waals surface area contributed by atoms with Crippen molar-refractivity contribution >= 4 is 66.7 Å². The molecular weight excluding hydrogens is 461 g/mol. The van der Waals surface area contributed by atoms with Gasteiger partial charge in [0.1, 0.15) is 0 Å². The van der Waals surface area contributed by atoms with E-state index >= 15 is 0 Å². The van der Waals surface area contributed by atoms with Crippen LogP contribution in [0.5, 0.6) is 11.5 Å². The summed E-state index contributed by atoms with van der Waals surface area (Å²) in [4.78, 5) is 12.3. The molecule has 0 radical (unpaired) electrons. The summed E-state index contributed by atoms with van der Waals surface area (Å²) in [6.45, 7) is 2.21. The SMILES string of the molecule is CCOc1cc(/C=C2\C(=O)Nc3c(Br)cc(Br)cc32)cc(Cl)c1O. The third-order valence-corrected chi connectivity index (χ3v) is 4.86. The number of aromatic hydroxyl groups is 1. The van der Waals surface area contributed by atoms with Gasteiger partial charge in [0.15, 0.2) is 11.5 Å². The van der Waals surface area contributed by atoms with Crippen LogP contribution >= 0.6 is 43.5 Å². The molecule has 0 atom stereocenters. The average Bonchev–Trinajstić information content (AvgIpc) is 2.82. The highest BCUT2D eigenvalue weighted by atomic mass is 79.9. The lowest BCUT2D eigenvalue weighted by molar-refractivity contribution is -0.110. The van der Waals surface area contributed by atoms with Crippen molar-refractivity contribution in [3.63, 3.8) is 0 Å². The van der Waals surface area contributed by atoms with Gasteiger partial charge in [-0.2, -0.15) is 0 Å². The minimum Gasteiger partial charge on any atom is -0.503 e. The predicted molar refractivity (Wildman–Crippen MR) is 103 cm³/mol. The second kappa shape index (κ2) is 6.78. The highest BCUT2D eigenvalue weighted by Gasteiger charge is 2.26. The number of carbonyl (C=O) groups excluding carboxylic acids is 1. The number of halogens is 3. The summed E-state index contributed by atoms with van der Waals surface area (Å²) in [5.41, 5.74) is 2.68. The lowest BCUT2D eigenvalue weighted by Gasteiger charge is -2.09. The molecule has 0 spiro atoms. The van der Waals surface area contributed by atoms with Gasteiger partial charge in [-0.3, -0.25) is 4.79 Å². The molecule has 1 aliphatic rings. The number of fused-ring (bicyclic) bond motifs is 1. The Morgan fingerprint density at radius 3 is 2.75 bits per heavy atom. The van der Waals surface area contributed by atoms with Crippen molar-refractivity contribution < 1.29 is 14.6 Å². The van der Waals surface area contributed by atoms with Crippen molar-refractivity contribution in [1.82, 2.24) is 0 Å². The van der Waals surface area contributed by atoms with Crippen LogP contribution in [0.4, 0.5) is 5.69 Å². The van der Waals surface area contributed by atoms with E-state index in [4.69, 9.17) is 16.3 Å². The Morgan fingerprint density at radius 2 is 2.04 bits per heavy atom. The van der Waals surface area contributed by atoms with Crippen molar-refractivity contribution in [2.75, 3.05) is 11.9 Å². The summed E-state index contributed by atoms with van der Waals surface area (Å²) in [7, 11) is 0. The molecule has 0 unspecified atom stereocenters. The molecule has 24 heavy (non-hydrogen) atoms. The maximum Gasteiger partial charge on any atom is 0.256 e. The molecule has 0 saturated carbocycles. The Hall–Kier alpha value is -1.50. The summed E-state index contributed by atoms with van der Waals surface area (Å²) in [5, 5.41) is 12.9. The fourth-order valence-electron chi connectivity index (χ4n) is 2.47. The van der Waals surface area contributed by atoms with E-state index in [0.29, 0.717) is 17.7 Å². The Balaban J connectivity index is 2.12. The number of carbonyl (C=O) groups is 1. The van der Waals surface area contributed by atoms with Crippen molar-refractivity contribution in [3.8, 4) is 11.5 Å². The fourth-order valence-corrected chi connectivity index (χ4v) is 4.01. The van der Waals surface area contributed by atoms with E-state index in [1.54, 1.807) is 18.2 Å². The zero-order chi connectivity index (χ0) is 17.4. The highest BCUT2D eigenvalue weighted by molar-refractivity contribution is 9.11. The van der Waals surface area contributed by atoms with E-state index in [1.165, 1.54) is 0 Å². The van der Waals surface area contributed by atoms with Crippen LogP contribution in [0, 0.1) is 0 Å². The molecule has 1 heterocycles. The van der Waals surface area contributed by atoms with Crippen LogP contribution in [-0.4, -0.2) is 17.6 Å². The van der Waals surface area contributed by atoms with Gasteiger partial charge in [-0.15, -0.1) is 0 Å². The van der Waals surface area contributed by atoms with Crippen LogP contribution in [0.15, 0.2) is 33.2 Å². The first-order chi connectivity index (χ1) is 11.4. The van der Waals surface area contributed by atoms with E-state index in [2.05, 4.69) is 37.2 Å². The standard InChI is InChI=1S/C17H12Br2ClNO3/c1-2-24-14-5-8(4-13(20)16(14)22)3-11-10-6-9(18)7-12(19)15(10)21-17(11)23/h3-7,22H,2H2,1H3,(H,21,23)/b11-3-. The number of ether oxygens (including phenoxy) is 1. The van der Waals surface area contributed by atoms with E-state index in [0.717, 1.165) is 20.2 Å². The quantitative estimate of drug-likeness (QED) is 0.582. The van der Waals surface area contributed by atoms with Gasteiger partial charge in [0.2, 0.25) is 0 Å². The maximum atomic E-state index is 12.3. The Morgan fingerprint density at radius 1 is 1.29 bits per heavy atom. The number of benzene rings is 2. The molecule has 124 valence electrons. The Kier molecular flexibility index (Phi) is 4.90. The first kappa shape index (κ1) is 17.3. The van der Waals surface area contributed by atoms with Crippen molar-refractivity contribution in [1.29, 1.82) is 0 Å². The number of anilines is 1. The van der Waals surface area contributed by atoms with Gasteiger partial charge < -0.3 is 15.2 Å². The van der Waals surface area contributed by atoms with Gasteiger partial charge in [-0.05, 0) is 58.8 Å². The number of hydrogen-bond acceptors (Lipinski definition) is 3. The minimum atomic E-state index is -0.203. The summed E-state index contributed by atoms with van der Waals surface area (Å²) < 4.78 is 7.03. The van der Waals surface area contributed by atoms with Gasteiger partial charge in [0.25, 0.3) is 5.91 Å². The summed E-state index contributed by atoms with van der Waals surface area (Å²) in [6, 6.07) is 6.97. The number of amides is 1. The lowest BCUT2D eigenvalue weighted by Crippen LogP contribution is -2.03. The third-order valence-electron chi connectivity index (χ3n) is 3.49. The fraction of sp³-hybridized carbons (Fsp3) is 0.118. The Labute approximate surface area is 160 Å². The van der Waals surface area contributed by atoms with Crippen molar-refractivity contribution in [2.45, 2.75) is 6.92 Å². The van der Waals surface area contributed by atoms with Gasteiger partial charge in [0, 0.05) is 20.1 Å². The van der Waals surface area contributed by atoms with Crippen LogP contribution in [0.3, 0.4) is 0 Å². The minimum absolute atomic E-state index is 0.109. The van der Waals surface area contributed by atoms with Crippen LogP contribution in [0.2, 0.25) is 5.02 Å². The first-order valence-corrected chi connectivity index (χ1v) is 9.05. The number of rotatable bonds is 3. The van der Waals surface area contributed by atoms with E-state index in [1.807, 2.05) is 19.1 Å². The highest BCUT2D eigenvalue weighted by Crippen LogP contribution is 2.42. The summed E-state index contributed by atoms with van der Waals surface area (Å²) in [6.07, 6.45) is 1.72. The van der Waals surface area contributed by atoms with E-state index < -0.39 is 0 Å². The van der Waals surface area contributed by atoms with Crippen LogP contribution < -0.4 is 10.1 Å². The van der Waals surface area contributed by atoms with Crippen LogP contribution in [0.25, 0.3) is 11.6 Å². The molecule has 0 aliphatic carbocycles. The number of phenols is 1. The smallest absolute Gasteiger partial charge is 0.256 e. The van der Waals surface area contributed by atoms with E-state index in [9.17, 15) is 9.90 Å². The normalized spacial score (nSPS) is 14.7. The molecule has 1 amide bonds. The number of nitrogens with one attached hydrogen (secondary N) is 1. The molecule has 0 aromatic heterocycles. The van der Waals surface area contributed by atoms with E-state index in [-0.39, 0.29) is 22.4 Å². The van der Waals surface area contributed by atoms with Crippen LogP contribution in [0.1, 0.15) is 18.1 Å². The first-order valence-electron chi connectivity index (χ1n) is 7.08. The summed E-state index contributed by atoms with van der Waals surface area (Å²) >= 11 is 12.9.